The maximum atomic E-state index is 10.7. The number of phenols is 1. The normalized spacial score (nSPS) is 26.2. The van der Waals surface area contributed by atoms with Gasteiger partial charge in [0, 0.05) is 30.7 Å². The van der Waals surface area contributed by atoms with Crippen LogP contribution in [0.2, 0.25) is 0 Å². The summed E-state index contributed by atoms with van der Waals surface area (Å²) in [5.74, 6) is 2.30. The molecule has 4 rings (SSSR count). The van der Waals surface area contributed by atoms with E-state index in [0.29, 0.717) is 17.8 Å². The molecule has 1 saturated carbocycles. The van der Waals surface area contributed by atoms with Crippen molar-refractivity contribution in [2.75, 3.05) is 13.7 Å². The second-order valence-electron chi connectivity index (χ2n) is 9.68. The molecule has 0 spiro atoms. The Hall–Kier alpha value is -1.59. The minimum Gasteiger partial charge on any atom is -0.508 e. The fourth-order valence-corrected chi connectivity index (χ4v) is 5.37. The largest absolute Gasteiger partial charge is 0.508 e. The van der Waals surface area contributed by atoms with Crippen molar-refractivity contribution >= 4 is 11.0 Å². The summed E-state index contributed by atoms with van der Waals surface area (Å²) in [6.07, 6.45) is 11.6. The lowest BCUT2D eigenvalue weighted by atomic mass is 9.86. The molecule has 0 radical (unpaired) electrons. The highest BCUT2D eigenvalue weighted by molar-refractivity contribution is 5.82. The van der Waals surface area contributed by atoms with Gasteiger partial charge in [-0.3, -0.25) is 0 Å². The Balaban J connectivity index is 1.73. The predicted molar refractivity (Wildman–Crippen MR) is 122 cm³/mol. The molecule has 1 aliphatic carbocycles. The standard InChI is InChI=1S/C25H39N3O2/c1-17-7-6-8-19(15-17)28-22-12-13-23(29)21(11-10-18(2)26-3)25(22)27-24(28)16-20-9-4-5-14-30-20/h12-13,17-20,26,29H,4-11,14-16H2,1-3H3. The molecule has 0 bridgehead atoms. The lowest BCUT2D eigenvalue weighted by molar-refractivity contribution is 0.0149. The number of imidazole rings is 1. The van der Waals surface area contributed by atoms with Crippen LogP contribution in [0.3, 0.4) is 0 Å². The highest BCUT2D eigenvalue weighted by Crippen LogP contribution is 2.38. The first kappa shape index (κ1) is 21.6. The molecule has 0 amide bonds. The van der Waals surface area contributed by atoms with E-state index in [4.69, 9.17) is 9.72 Å². The highest BCUT2D eigenvalue weighted by atomic mass is 16.5. The molecule has 5 nitrogen and oxygen atoms in total. The van der Waals surface area contributed by atoms with E-state index in [2.05, 4.69) is 29.8 Å². The highest BCUT2D eigenvalue weighted by Gasteiger charge is 2.28. The number of fused-ring (bicyclic) bond motifs is 1. The molecule has 2 heterocycles. The molecule has 5 heteroatoms. The van der Waals surface area contributed by atoms with Crippen LogP contribution in [0.4, 0.5) is 0 Å². The average molecular weight is 414 g/mol. The second-order valence-corrected chi connectivity index (χ2v) is 9.68. The average Bonchev–Trinajstić information content (AvgIpc) is 3.11. The summed E-state index contributed by atoms with van der Waals surface area (Å²) in [6, 6.07) is 4.89. The predicted octanol–water partition coefficient (Wildman–Crippen LogP) is 5.15. The fourth-order valence-electron chi connectivity index (χ4n) is 5.37. The smallest absolute Gasteiger partial charge is 0.121 e. The topological polar surface area (TPSA) is 59.3 Å². The van der Waals surface area contributed by atoms with E-state index in [1.54, 1.807) is 0 Å². The monoisotopic (exact) mass is 413 g/mol. The van der Waals surface area contributed by atoms with Crippen LogP contribution >= 0.6 is 0 Å². The van der Waals surface area contributed by atoms with Crippen molar-refractivity contribution in [3.8, 4) is 5.75 Å². The molecule has 30 heavy (non-hydrogen) atoms. The number of aromatic nitrogens is 2. The maximum Gasteiger partial charge on any atom is 0.121 e. The van der Waals surface area contributed by atoms with Crippen LogP contribution in [0.15, 0.2) is 12.1 Å². The molecule has 4 unspecified atom stereocenters. The number of rotatable bonds is 7. The van der Waals surface area contributed by atoms with Gasteiger partial charge >= 0.3 is 0 Å². The number of hydrogen-bond acceptors (Lipinski definition) is 4. The van der Waals surface area contributed by atoms with Gasteiger partial charge in [-0.2, -0.15) is 0 Å². The van der Waals surface area contributed by atoms with Crippen LogP contribution in [0.5, 0.6) is 5.75 Å². The molecule has 2 aromatic rings. The van der Waals surface area contributed by atoms with E-state index in [0.717, 1.165) is 55.1 Å². The molecule has 2 N–H and O–H groups in total. The molecule has 1 saturated heterocycles. The van der Waals surface area contributed by atoms with Crippen LogP contribution in [-0.2, 0) is 17.6 Å². The van der Waals surface area contributed by atoms with E-state index in [9.17, 15) is 5.11 Å². The van der Waals surface area contributed by atoms with Crippen molar-refractivity contribution in [2.24, 2.45) is 5.92 Å². The summed E-state index contributed by atoms with van der Waals surface area (Å²) in [4.78, 5) is 5.17. The third kappa shape index (κ3) is 4.67. The molecule has 1 aromatic carbocycles. The van der Waals surface area contributed by atoms with E-state index in [1.807, 2.05) is 13.1 Å². The Morgan fingerprint density at radius 1 is 1.23 bits per heavy atom. The first-order valence-corrected chi connectivity index (χ1v) is 12.1. The van der Waals surface area contributed by atoms with Crippen LogP contribution in [0, 0.1) is 5.92 Å². The van der Waals surface area contributed by atoms with Gasteiger partial charge in [0.2, 0.25) is 0 Å². The van der Waals surface area contributed by atoms with Crippen molar-refractivity contribution in [1.29, 1.82) is 0 Å². The zero-order chi connectivity index (χ0) is 21.1. The number of aromatic hydroxyl groups is 1. The number of benzene rings is 1. The van der Waals surface area contributed by atoms with Crippen molar-refractivity contribution in [1.82, 2.24) is 14.9 Å². The maximum absolute atomic E-state index is 10.7. The summed E-state index contributed by atoms with van der Waals surface area (Å²) in [7, 11) is 1.99. The number of ether oxygens (including phenoxy) is 1. The van der Waals surface area contributed by atoms with Gasteiger partial charge in [-0.05, 0) is 77.0 Å². The summed E-state index contributed by atoms with van der Waals surface area (Å²) in [6.45, 7) is 5.44. The van der Waals surface area contributed by atoms with E-state index >= 15 is 0 Å². The summed E-state index contributed by atoms with van der Waals surface area (Å²) in [5, 5.41) is 14.0. The van der Waals surface area contributed by atoms with Gasteiger partial charge in [0.1, 0.15) is 11.6 Å². The Morgan fingerprint density at radius 3 is 2.83 bits per heavy atom. The van der Waals surface area contributed by atoms with Crippen LogP contribution in [-0.4, -0.2) is 40.5 Å². The van der Waals surface area contributed by atoms with Gasteiger partial charge in [0.05, 0.1) is 17.1 Å². The summed E-state index contributed by atoms with van der Waals surface area (Å²) >= 11 is 0. The Morgan fingerprint density at radius 2 is 2.10 bits per heavy atom. The molecule has 1 aliphatic heterocycles. The lowest BCUT2D eigenvalue weighted by Gasteiger charge is -2.30. The summed E-state index contributed by atoms with van der Waals surface area (Å²) in [5.41, 5.74) is 3.20. The van der Waals surface area contributed by atoms with Gasteiger partial charge in [-0.15, -0.1) is 0 Å². The molecule has 4 atom stereocenters. The molecular formula is C25H39N3O2. The molecule has 2 aliphatic rings. The van der Waals surface area contributed by atoms with Gasteiger partial charge in [-0.1, -0.05) is 19.8 Å². The first-order valence-electron chi connectivity index (χ1n) is 12.1. The van der Waals surface area contributed by atoms with Gasteiger partial charge < -0.3 is 19.7 Å². The number of phenolic OH excluding ortho intramolecular Hbond substituents is 1. The van der Waals surface area contributed by atoms with Crippen molar-refractivity contribution in [2.45, 2.75) is 96.2 Å². The zero-order valence-electron chi connectivity index (χ0n) is 19.0. The minimum absolute atomic E-state index is 0.275. The Bertz CT molecular complexity index is 841. The number of aryl methyl sites for hydroxylation is 1. The molecular weight excluding hydrogens is 374 g/mol. The van der Waals surface area contributed by atoms with E-state index in [1.165, 1.54) is 44.0 Å². The lowest BCUT2D eigenvalue weighted by Crippen LogP contribution is -2.25. The van der Waals surface area contributed by atoms with Gasteiger partial charge in [0.15, 0.2) is 0 Å². The quantitative estimate of drug-likeness (QED) is 0.659. The minimum atomic E-state index is 0.275. The number of nitrogens with one attached hydrogen (secondary N) is 1. The van der Waals surface area contributed by atoms with Crippen molar-refractivity contribution < 1.29 is 9.84 Å². The first-order chi connectivity index (χ1) is 14.6. The molecule has 166 valence electrons. The van der Waals surface area contributed by atoms with Crippen LogP contribution < -0.4 is 5.32 Å². The molecule has 2 fully saturated rings. The van der Waals surface area contributed by atoms with Crippen LogP contribution in [0.25, 0.3) is 11.0 Å². The molecule has 1 aromatic heterocycles. The van der Waals surface area contributed by atoms with Crippen LogP contribution in [0.1, 0.15) is 82.6 Å². The zero-order valence-corrected chi connectivity index (χ0v) is 19.0. The third-order valence-corrected chi connectivity index (χ3v) is 7.29. The second kappa shape index (κ2) is 9.69. The van der Waals surface area contributed by atoms with Crippen molar-refractivity contribution in [3.63, 3.8) is 0 Å². The van der Waals surface area contributed by atoms with Crippen molar-refractivity contribution in [3.05, 3.63) is 23.5 Å². The van der Waals surface area contributed by atoms with E-state index < -0.39 is 0 Å². The Labute approximate surface area is 181 Å². The fraction of sp³-hybridized carbons (Fsp3) is 0.720. The van der Waals surface area contributed by atoms with Gasteiger partial charge in [-0.25, -0.2) is 4.98 Å². The Kier molecular flexibility index (Phi) is 6.99. The SMILES string of the molecule is CNC(C)CCc1c(O)ccc2c1nc(CC1CCCCO1)n2C1CCCC(C)C1. The number of hydrogen-bond donors (Lipinski definition) is 2. The summed E-state index contributed by atoms with van der Waals surface area (Å²) < 4.78 is 8.60. The van der Waals surface area contributed by atoms with E-state index in [-0.39, 0.29) is 6.10 Å². The number of nitrogens with zero attached hydrogens (tertiary/aromatic N) is 2. The van der Waals surface area contributed by atoms with Gasteiger partial charge in [0.25, 0.3) is 0 Å². The third-order valence-electron chi connectivity index (χ3n) is 7.29.